The molecule has 2 aromatic rings. The Morgan fingerprint density at radius 3 is 2.47 bits per heavy atom. The number of aliphatic carboxylic acids is 1. The number of benzene rings is 1. The van der Waals surface area contributed by atoms with Crippen molar-refractivity contribution in [1.29, 1.82) is 0 Å². The van der Waals surface area contributed by atoms with Gasteiger partial charge in [-0.2, -0.15) is 0 Å². The summed E-state index contributed by atoms with van der Waals surface area (Å²) < 4.78 is 4.92. The van der Waals surface area contributed by atoms with Crippen LogP contribution in [0.3, 0.4) is 0 Å². The molecule has 1 aromatic carbocycles. The van der Waals surface area contributed by atoms with Crippen LogP contribution < -0.4 is 0 Å². The van der Waals surface area contributed by atoms with E-state index in [9.17, 15) is 9.90 Å². The summed E-state index contributed by atoms with van der Waals surface area (Å²) in [5.74, 6) is -1.54. The van der Waals surface area contributed by atoms with Crippen LogP contribution in [0, 0.1) is 0 Å². The Morgan fingerprint density at radius 1 is 1.27 bits per heavy atom. The van der Waals surface area contributed by atoms with E-state index >= 15 is 0 Å². The monoisotopic (exact) mass is 222 g/mol. The number of carboxylic acids is 1. The molecule has 76 valence electrons. The van der Waals surface area contributed by atoms with Crippen LogP contribution in [-0.2, 0) is 4.79 Å². The maximum absolute atomic E-state index is 10.7. The number of hydrogen-bond acceptors (Lipinski definition) is 4. The second-order valence-corrected chi connectivity index (χ2v) is 3.32. The molecule has 0 amide bonds. The van der Waals surface area contributed by atoms with E-state index < -0.39 is 5.97 Å². The molecule has 0 bridgehead atoms. The molecule has 1 aromatic heterocycles. The highest BCUT2D eigenvalue weighted by Gasteiger charge is 2.20. The Labute approximate surface area is 89.7 Å². The van der Waals surface area contributed by atoms with Crippen molar-refractivity contribution in [3.05, 3.63) is 30.0 Å². The molecular weight excluding hydrogens is 216 g/mol. The number of aromatic hydroxyl groups is 1. The van der Waals surface area contributed by atoms with Crippen LogP contribution in [0.1, 0.15) is 5.76 Å². The summed E-state index contributed by atoms with van der Waals surface area (Å²) >= 11 is 4.68. The molecule has 2 rings (SSSR count). The molecule has 2 N–H and O–H groups in total. The molecule has 0 saturated carbocycles. The fourth-order valence-corrected chi connectivity index (χ4v) is 1.49. The zero-order chi connectivity index (χ0) is 11.0. The van der Waals surface area contributed by atoms with Gasteiger partial charge in [0.05, 0.1) is 5.39 Å². The van der Waals surface area contributed by atoms with Gasteiger partial charge >= 0.3 is 5.97 Å². The van der Waals surface area contributed by atoms with Crippen molar-refractivity contribution in [2.75, 3.05) is 0 Å². The number of furan rings is 1. The van der Waals surface area contributed by atoms with Crippen molar-refractivity contribution >= 4 is 33.8 Å². The number of carboxylic acid groups (broad SMARTS) is 1. The minimum absolute atomic E-state index is 0.0191. The largest absolute Gasteiger partial charge is 0.480 e. The lowest BCUT2D eigenvalue weighted by Crippen LogP contribution is -2.10. The van der Waals surface area contributed by atoms with Gasteiger partial charge in [-0.3, -0.25) is 0 Å². The van der Waals surface area contributed by atoms with E-state index in [1.54, 1.807) is 24.3 Å². The Kier molecular flexibility index (Phi) is 2.17. The Hall–Kier alpha value is -1.88. The van der Waals surface area contributed by atoms with Crippen molar-refractivity contribution in [3.63, 3.8) is 0 Å². The van der Waals surface area contributed by atoms with Crippen molar-refractivity contribution in [3.8, 4) is 5.95 Å². The molecule has 0 aliphatic carbocycles. The van der Waals surface area contributed by atoms with Crippen LogP contribution in [0.2, 0.25) is 0 Å². The van der Waals surface area contributed by atoms with Gasteiger partial charge in [-0.25, -0.2) is 4.79 Å². The number of hydrogen-bond donors (Lipinski definition) is 2. The third-order valence-electron chi connectivity index (χ3n) is 2.00. The highest BCUT2D eigenvalue weighted by atomic mass is 32.1. The van der Waals surface area contributed by atoms with E-state index in [0.29, 0.717) is 10.8 Å². The lowest BCUT2D eigenvalue weighted by Gasteiger charge is -1.92. The first kappa shape index (κ1) is 9.67. The molecule has 0 atom stereocenters. The normalized spacial score (nSPS) is 10.4. The van der Waals surface area contributed by atoms with Gasteiger partial charge in [-0.1, -0.05) is 30.4 Å². The van der Waals surface area contributed by atoms with Gasteiger partial charge in [0, 0.05) is 5.39 Å². The Bertz CT molecular complexity index is 556. The SMILES string of the molecule is O=C(O)C(=S)c1oc(O)c2ccccc12. The maximum atomic E-state index is 10.7. The zero-order valence-electron chi connectivity index (χ0n) is 7.43. The van der Waals surface area contributed by atoms with E-state index in [0.717, 1.165) is 0 Å². The summed E-state index contributed by atoms with van der Waals surface area (Å²) in [5, 5.41) is 19.1. The molecule has 5 heteroatoms. The molecule has 0 saturated heterocycles. The molecular formula is C10H6O4S. The van der Waals surface area contributed by atoms with Gasteiger partial charge in [-0.15, -0.1) is 0 Å². The van der Waals surface area contributed by atoms with E-state index in [1.165, 1.54) is 0 Å². The number of thiocarbonyl (C=S) groups is 1. The van der Waals surface area contributed by atoms with Crippen LogP contribution in [0.15, 0.2) is 28.7 Å². The molecule has 0 radical (unpaired) electrons. The number of rotatable bonds is 2. The van der Waals surface area contributed by atoms with Crippen LogP contribution in [0.5, 0.6) is 5.95 Å². The zero-order valence-corrected chi connectivity index (χ0v) is 8.25. The van der Waals surface area contributed by atoms with Crippen molar-refractivity contribution in [2.45, 2.75) is 0 Å². The molecule has 0 unspecified atom stereocenters. The van der Waals surface area contributed by atoms with Crippen LogP contribution in [0.4, 0.5) is 0 Å². The molecule has 4 nitrogen and oxygen atoms in total. The Morgan fingerprint density at radius 2 is 1.87 bits per heavy atom. The van der Waals surface area contributed by atoms with Crippen molar-refractivity contribution in [1.82, 2.24) is 0 Å². The predicted molar refractivity (Wildman–Crippen MR) is 57.2 cm³/mol. The van der Waals surface area contributed by atoms with Gasteiger partial charge in [0.1, 0.15) is 0 Å². The van der Waals surface area contributed by atoms with Crippen molar-refractivity contribution < 1.29 is 19.4 Å². The Balaban J connectivity index is 2.72. The lowest BCUT2D eigenvalue weighted by atomic mass is 10.1. The minimum Gasteiger partial charge on any atom is -0.480 e. The molecule has 1 heterocycles. The number of carbonyl (C=O) groups is 1. The summed E-state index contributed by atoms with van der Waals surface area (Å²) in [5.41, 5.74) is 0. The maximum Gasteiger partial charge on any atom is 0.350 e. The summed E-state index contributed by atoms with van der Waals surface area (Å²) in [6.07, 6.45) is 0. The van der Waals surface area contributed by atoms with E-state index in [-0.39, 0.29) is 16.6 Å². The van der Waals surface area contributed by atoms with Gasteiger partial charge in [0.15, 0.2) is 10.6 Å². The summed E-state index contributed by atoms with van der Waals surface area (Å²) in [6, 6.07) is 6.70. The predicted octanol–water partition coefficient (Wildman–Crippen LogP) is 1.94. The molecule has 0 aliphatic heterocycles. The molecule has 0 aliphatic rings. The highest BCUT2D eigenvalue weighted by molar-refractivity contribution is 7.82. The molecule has 0 spiro atoms. The summed E-state index contributed by atoms with van der Waals surface area (Å²) in [7, 11) is 0. The highest BCUT2D eigenvalue weighted by Crippen LogP contribution is 2.31. The standard InChI is InChI=1S/C10H6O4S/c11-9(12)8(15)7-5-3-1-2-4-6(5)10(13)14-7/h1-4,13H,(H,11,12). The molecule has 15 heavy (non-hydrogen) atoms. The average Bonchev–Trinajstić information content (AvgIpc) is 2.56. The second-order valence-electron chi connectivity index (χ2n) is 2.92. The summed E-state index contributed by atoms with van der Waals surface area (Å²) in [4.78, 5) is 10.3. The third-order valence-corrected chi connectivity index (χ3v) is 2.36. The minimum atomic E-state index is -1.25. The van der Waals surface area contributed by atoms with Gasteiger partial charge in [0.25, 0.3) is 5.95 Å². The summed E-state index contributed by atoms with van der Waals surface area (Å²) in [6.45, 7) is 0. The first-order valence-corrected chi connectivity index (χ1v) is 4.50. The van der Waals surface area contributed by atoms with Gasteiger partial charge < -0.3 is 14.6 Å². The smallest absolute Gasteiger partial charge is 0.350 e. The van der Waals surface area contributed by atoms with Crippen LogP contribution >= 0.6 is 12.2 Å². The first-order chi connectivity index (χ1) is 7.11. The van der Waals surface area contributed by atoms with E-state index in [2.05, 4.69) is 12.2 Å². The molecule has 0 fully saturated rings. The van der Waals surface area contributed by atoms with E-state index in [1.807, 2.05) is 0 Å². The van der Waals surface area contributed by atoms with Gasteiger partial charge in [0.2, 0.25) is 0 Å². The van der Waals surface area contributed by atoms with Crippen LogP contribution in [0.25, 0.3) is 10.8 Å². The third kappa shape index (κ3) is 1.46. The first-order valence-electron chi connectivity index (χ1n) is 4.09. The quantitative estimate of drug-likeness (QED) is 0.600. The van der Waals surface area contributed by atoms with E-state index in [4.69, 9.17) is 9.52 Å². The number of fused-ring (bicyclic) bond motifs is 1. The second kappa shape index (κ2) is 3.36. The fraction of sp³-hybridized carbons (Fsp3) is 0. The fourth-order valence-electron chi connectivity index (χ4n) is 1.34. The van der Waals surface area contributed by atoms with Crippen molar-refractivity contribution in [2.24, 2.45) is 0 Å². The topological polar surface area (TPSA) is 70.7 Å². The average molecular weight is 222 g/mol. The van der Waals surface area contributed by atoms with Crippen LogP contribution in [-0.4, -0.2) is 21.0 Å². The van der Waals surface area contributed by atoms with Gasteiger partial charge in [-0.05, 0) is 6.07 Å². The lowest BCUT2D eigenvalue weighted by molar-refractivity contribution is -0.129.